The summed E-state index contributed by atoms with van der Waals surface area (Å²) >= 11 is 0. The fourth-order valence-electron chi connectivity index (χ4n) is 2.35. The fraction of sp³-hybridized carbons (Fsp3) is 0.200. The normalized spacial score (nSPS) is 10.1. The molecule has 2 aromatic carbocycles. The van der Waals surface area contributed by atoms with Crippen LogP contribution in [0.4, 0.5) is 11.4 Å². The van der Waals surface area contributed by atoms with Gasteiger partial charge in [-0.1, -0.05) is 61.2 Å². The molecule has 0 fully saturated rings. The second-order valence-electron chi connectivity index (χ2n) is 5.14. The van der Waals surface area contributed by atoms with Gasteiger partial charge in [-0.15, -0.1) is 0 Å². The SMILES string of the molecule is C=CC(=C)CCCCN(c1ccccc1)c1ccccc1. The molecule has 108 valence electrons. The number of hydrogen-bond donors (Lipinski definition) is 0. The van der Waals surface area contributed by atoms with Crippen molar-refractivity contribution in [2.75, 3.05) is 11.4 Å². The summed E-state index contributed by atoms with van der Waals surface area (Å²) in [6, 6.07) is 21.1. The molecule has 0 radical (unpaired) electrons. The van der Waals surface area contributed by atoms with Gasteiger partial charge in [0.2, 0.25) is 0 Å². The van der Waals surface area contributed by atoms with Crippen LogP contribution in [0.5, 0.6) is 0 Å². The highest BCUT2D eigenvalue weighted by atomic mass is 15.1. The summed E-state index contributed by atoms with van der Waals surface area (Å²) in [5, 5.41) is 0. The lowest BCUT2D eigenvalue weighted by Gasteiger charge is -2.25. The van der Waals surface area contributed by atoms with Crippen molar-refractivity contribution < 1.29 is 0 Å². The van der Waals surface area contributed by atoms with Gasteiger partial charge in [0.15, 0.2) is 0 Å². The number of anilines is 2. The van der Waals surface area contributed by atoms with Crippen LogP contribution in [-0.2, 0) is 0 Å². The second-order valence-corrected chi connectivity index (χ2v) is 5.14. The van der Waals surface area contributed by atoms with Crippen molar-refractivity contribution in [2.24, 2.45) is 0 Å². The Morgan fingerprint density at radius 2 is 1.38 bits per heavy atom. The van der Waals surface area contributed by atoms with Crippen LogP contribution in [0.1, 0.15) is 19.3 Å². The van der Waals surface area contributed by atoms with Gasteiger partial charge >= 0.3 is 0 Å². The van der Waals surface area contributed by atoms with E-state index in [4.69, 9.17) is 0 Å². The monoisotopic (exact) mass is 277 g/mol. The zero-order chi connectivity index (χ0) is 14.9. The Labute approximate surface area is 128 Å². The Bertz CT molecular complexity index is 517. The van der Waals surface area contributed by atoms with Crippen LogP contribution in [0.3, 0.4) is 0 Å². The van der Waals surface area contributed by atoms with Crippen LogP contribution in [-0.4, -0.2) is 6.54 Å². The van der Waals surface area contributed by atoms with Crippen molar-refractivity contribution in [3.8, 4) is 0 Å². The summed E-state index contributed by atoms with van der Waals surface area (Å²) in [6.07, 6.45) is 5.16. The Morgan fingerprint density at radius 1 is 0.857 bits per heavy atom. The third-order valence-corrected chi connectivity index (χ3v) is 3.55. The first-order chi connectivity index (χ1) is 10.3. The van der Waals surface area contributed by atoms with Gasteiger partial charge in [0, 0.05) is 17.9 Å². The van der Waals surface area contributed by atoms with Crippen molar-refractivity contribution in [3.63, 3.8) is 0 Å². The maximum Gasteiger partial charge on any atom is 0.0410 e. The van der Waals surface area contributed by atoms with E-state index in [1.54, 1.807) is 0 Å². The van der Waals surface area contributed by atoms with E-state index in [0.29, 0.717) is 0 Å². The van der Waals surface area contributed by atoms with E-state index in [-0.39, 0.29) is 0 Å². The van der Waals surface area contributed by atoms with Crippen LogP contribution in [0.15, 0.2) is 85.5 Å². The number of allylic oxidation sites excluding steroid dienone is 2. The Balaban J connectivity index is 2.03. The van der Waals surface area contributed by atoms with Crippen LogP contribution in [0, 0.1) is 0 Å². The first-order valence-electron chi connectivity index (χ1n) is 7.49. The molecule has 0 aliphatic heterocycles. The highest BCUT2D eigenvalue weighted by molar-refractivity contribution is 5.62. The average molecular weight is 277 g/mol. The zero-order valence-electron chi connectivity index (χ0n) is 12.5. The Kier molecular flexibility index (Phi) is 5.83. The molecule has 0 N–H and O–H groups in total. The van der Waals surface area contributed by atoms with Gasteiger partial charge in [-0.2, -0.15) is 0 Å². The number of para-hydroxylation sites is 2. The summed E-state index contributed by atoms with van der Waals surface area (Å²) in [6.45, 7) is 8.75. The van der Waals surface area contributed by atoms with E-state index in [1.807, 2.05) is 6.08 Å². The minimum absolute atomic E-state index is 1.01. The van der Waals surface area contributed by atoms with E-state index in [9.17, 15) is 0 Å². The van der Waals surface area contributed by atoms with Gasteiger partial charge in [0.05, 0.1) is 0 Å². The van der Waals surface area contributed by atoms with Crippen LogP contribution in [0.2, 0.25) is 0 Å². The summed E-state index contributed by atoms with van der Waals surface area (Å²) in [7, 11) is 0. The maximum absolute atomic E-state index is 3.97. The molecule has 0 atom stereocenters. The lowest BCUT2D eigenvalue weighted by Crippen LogP contribution is -2.18. The molecule has 21 heavy (non-hydrogen) atoms. The van der Waals surface area contributed by atoms with Crippen molar-refractivity contribution in [1.82, 2.24) is 0 Å². The molecule has 0 bridgehead atoms. The molecule has 0 aromatic heterocycles. The Hall–Kier alpha value is -2.28. The topological polar surface area (TPSA) is 3.24 Å². The third kappa shape index (κ3) is 4.64. The van der Waals surface area contributed by atoms with Crippen molar-refractivity contribution in [2.45, 2.75) is 19.3 Å². The van der Waals surface area contributed by atoms with Crippen molar-refractivity contribution >= 4 is 11.4 Å². The quantitative estimate of drug-likeness (QED) is 0.439. The molecule has 0 spiro atoms. The standard InChI is InChI=1S/C20H23N/c1-3-18(2)12-10-11-17-21(19-13-6-4-7-14-19)20-15-8-5-9-16-20/h3-9,13-16H,1-2,10-12,17H2. The van der Waals surface area contributed by atoms with E-state index in [1.165, 1.54) is 11.4 Å². The van der Waals surface area contributed by atoms with Crippen LogP contribution >= 0.6 is 0 Å². The molecular weight excluding hydrogens is 254 g/mol. The number of rotatable bonds is 8. The number of hydrogen-bond acceptors (Lipinski definition) is 1. The van der Waals surface area contributed by atoms with Gasteiger partial charge in [0.1, 0.15) is 0 Å². The lowest BCUT2D eigenvalue weighted by molar-refractivity contribution is 0.735. The van der Waals surface area contributed by atoms with Gasteiger partial charge in [-0.3, -0.25) is 0 Å². The summed E-state index contributed by atoms with van der Waals surface area (Å²) in [4.78, 5) is 2.37. The number of nitrogens with zero attached hydrogens (tertiary/aromatic N) is 1. The molecule has 0 amide bonds. The second kappa shape index (κ2) is 8.11. The fourth-order valence-corrected chi connectivity index (χ4v) is 2.35. The minimum atomic E-state index is 1.01. The minimum Gasteiger partial charge on any atom is -0.341 e. The van der Waals surface area contributed by atoms with Gasteiger partial charge in [-0.05, 0) is 43.5 Å². The highest BCUT2D eigenvalue weighted by Crippen LogP contribution is 2.25. The predicted molar refractivity (Wildman–Crippen MR) is 93.1 cm³/mol. The molecule has 0 aliphatic rings. The van der Waals surface area contributed by atoms with Crippen molar-refractivity contribution in [3.05, 3.63) is 85.5 Å². The molecule has 0 aliphatic carbocycles. The van der Waals surface area contributed by atoms with Crippen molar-refractivity contribution in [1.29, 1.82) is 0 Å². The smallest absolute Gasteiger partial charge is 0.0410 e. The van der Waals surface area contributed by atoms with E-state index in [2.05, 4.69) is 78.7 Å². The molecule has 1 nitrogen and oxygen atoms in total. The van der Waals surface area contributed by atoms with Gasteiger partial charge < -0.3 is 4.90 Å². The molecule has 0 saturated heterocycles. The van der Waals surface area contributed by atoms with E-state index >= 15 is 0 Å². The largest absolute Gasteiger partial charge is 0.341 e. The molecule has 0 unspecified atom stereocenters. The first kappa shape index (κ1) is 15.1. The molecular formula is C20H23N. The average Bonchev–Trinajstić information content (AvgIpc) is 2.56. The third-order valence-electron chi connectivity index (χ3n) is 3.55. The first-order valence-corrected chi connectivity index (χ1v) is 7.49. The molecule has 2 rings (SSSR count). The molecule has 0 saturated carbocycles. The van der Waals surface area contributed by atoms with Gasteiger partial charge in [-0.25, -0.2) is 0 Å². The molecule has 2 aromatic rings. The Morgan fingerprint density at radius 3 is 1.86 bits per heavy atom. The van der Waals surface area contributed by atoms with Crippen LogP contribution in [0.25, 0.3) is 0 Å². The summed E-state index contributed by atoms with van der Waals surface area (Å²) in [5.41, 5.74) is 3.61. The number of unbranched alkanes of at least 4 members (excludes halogenated alkanes) is 1. The van der Waals surface area contributed by atoms with Crippen LogP contribution < -0.4 is 4.90 Å². The van der Waals surface area contributed by atoms with E-state index in [0.717, 1.165) is 31.4 Å². The predicted octanol–water partition coefficient (Wildman–Crippen LogP) is 5.74. The molecule has 0 heterocycles. The zero-order valence-corrected chi connectivity index (χ0v) is 12.5. The summed E-state index contributed by atoms with van der Waals surface area (Å²) in [5.74, 6) is 0. The van der Waals surface area contributed by atoms with E-state index < -0.39 is 0 Å². The maximum atomic E-state index is 3.97. The highest BCUT2D eigenvalue weighted by Gasteiger charge is 2.07. The van der Waals surface area contributed by atoms with Gasteiger partial charge in [0.25, 0.3) is 0 Å². The molecule has 1 heteroatoms. The lowest BCUT2D eigenvalue weighted by atomic mass is 10.1. The number of benzene rings is 2. The summed E-state index contributed by atoms with van der Waals surface area (Å²) < 4.78 is 0.